The minimum absolute atomic E-state index is 0.113. The number of halogens is 2. The largest absolute Gasteiger partial charge is 0.494 e. The number of hydrogen-bond acceptors (Lipinski definition) is 3. The van der Waals surface area contributed by atoms with E-state index < -0.39 is 11.6 Å². The summed E-state index contributed by atoms with van der Waals surface area (Å²) in [6.45, 7) is 1.95. The third-order valence-electron chi connectivity index (χ3n) is 3.65. The van der Waals surface area contributed by atoms with Crippen LogP contribution >= 0.6 is 0 Å². The summed E-state index contributed by atoms with van der Waals surface area (Å²) in [5.41, 5.74) is 6.36. The SMILES string of the molecule is CCOc1cc(F)c(Cn2nc(C(=N)N)c3ccccc32)c(F)c1. The molecule has 0 aliphatic rings. The first-order valence-electron chi connectivity index (χ1n) is 7.42. The van der Waals surface area contributed by atoms with Crippen LogP contribution in [0.3, 0.4) is 0 Å². The number of amidine groups is 1. The maximum Gasteiger partial charge on any atom is 0.144 e. The number of aromatic nitrogens is 2. The molecule has 24 heavy (non-hydrogen) atoms. The zero-order chi connectivity index (χ0) is 17.3. The average molecular weight is 330 g/mol. The topological polar surface area (TPSA) is 76.9 Å². The number of para-hydroxylation sites is 1. The van der Waals surface area contributed by atoms with Gasteiger partial charge in [-0.2, -0.15) is 5.10 Å². The molecule has 0 radical (unpaired) electrons. The van der Waals surface area contributed by atoms with E-state index in [1.165, 1.54) is 4.68 Å². The van der Waals surface area contributed by atoms with Gasteiger partial charge in [0.05, 0.1) is 18.7 Å². The Kier molecular flexibility index (Phi) is 4.16. The number of nitrogens with zero attached hydrogens (tertiary/aromatic N) is 2. The normalized spacial score (nSPS) is 11.0. The van der Waals surface area contributed by atoms with E-state index in [9.17, 15) is 8.78 Å². The van der Waals surface area contributed by atoms with E-state index in [2.05, 4.69) is 5.10 Å². The van der Waals surface area contributed by atoms with Gasteiger partial charge >= 0.3 is 0 Å². The highest BCUT2D eigenvalue weighted by Crippen LogP contribution is 2.24. The lowest BCUT2D eigenvalue weighted by Gasteiger charge is -2.09. The van der Waals surface area contributed by atoms with E-state index in [-0.39, 0.29) is 29.4 Å². The molecule has 3 N–H and O–H groups in total. The van der Waals surface area contributed by atoms with E-state index in [0.29, 0.717) is 17.5 Å². The first-order chi connectivity index (χ1) is 11.5. The van der Waals surface area contributed by atoms with Crippen LogP contribution in [0.25, 0.3) is 10.9 Å². The van der Waals surface area contributed by atoms with Crippen molar-refractivity contribution in [2.75, 3.05) is 6.61 Å². The number of hydrogen-bond donors (Lipinski definition) is 2. The molecular weight excluding hydrogens is 314 g/mol. The summed E-state index contributed by atoms with van der Waals surface area (Å²) >= 11 is 0. The van der Waals surface area contributed by atoms with Crippen LogP contribution < -0.4 is 10.5 Å². The third kappa shape index (κ3) is 2.80. The highest BCUT2D eigenvalue weighted by atomic mass is 19.1. The van der Waals surface area contributed by atoms with Gasteiger partial charge in [0.2, 0.25) is 0 Å². The highest BCUT2D eigenvalue weighted by molar-refractivity contribution is 6.05. The second kappa shape index (κ2) is 6.27. The van der Waals surface area contributed by atoms with Crippen molar-refractivity contribution in [1.82, 2.24) is 9.78 Å². The molecular formula is C17H16F2N4O. The van der Waals surface area contributed by atoms with Crippen molar-refractivity contribution in [2.45, 2.75) is 13.5 Å². The number of rotatable bonds is 5. The summed E-state index contributed by atoms with van der Waals surface area (Å²) in [4.78, 5) is 0. The monoisotopic (exact) mass is 330 g/mol. The predicted molar refractivity (Wildman–Crippen MR) is 87.4 cm³/mol. The Morgan fingerprint density at radius 1 is 1.25 bits per heavy atom. The Hall–Kier alpha value is -2.96. The molecule has 0 bridgehead atoms. The number of nitrogens with one attached hydrogen (secondary N) is 1. The molecule has 0 saturated heterocycles. The Bertz CT molecular complexity index is 897. The standard InChI is InChI=1S/C17H16F2N4O/c1-2-24-10-7-13(18)12(14(19)8-10)9-23-15-6-4-3-5-11(15)16(22-23)17(20)21/h3-8H,2,9H2,1H3,(H3,20,21). The smallest absolute Gasteiger partial charge is 0.144 e. The summed E-state index contributed by atoms with van der Waals surface area (Å²) in [5.74, 6) is -1.46. The first kappa shape index (κ1) is 15.9. The van der Waals surface area contributed by atoms with E-state index in [0.717, 1.165) is 12.1 Å². The van der Waals surface area contributed by atoms with Gasteiger partial charge in [-0.05, 0) is 13.0 Å². The number of fused-ring (bicyclic) bond motifs is 1. The lowest BCUT2D eigenvalue weighted by Crippen LogP contribution is -2.13. The molecule has 1 heterocycles. The van der Waals surface area contributed by atoms with Crippen molar-refractivity contribution in [3.05, 3.63) is 59.3 Å². The third-order valence-corrected chi connectivity index (χ3v) is 3.65. The van der Waals surface area contributed by atoms with Crippen LogP contribution in [0.15, 0.2) is 36.4 Å². The van der Waals surface area contributed by atoms with Crippen molar-refractivity contribution < 1.29 is 13.5 Å². The fourth-order valence-electron chi connectivity index (χ4n) is 2.58. The fraction of sp³-hybridized carbons (Fsp3) is 0.176. The molecule has 7 heteroatoms. The van der Waals surface area contributed by atoms with Crippen LogP contribution in [-0.4, -0.2) is 22.2 Å². The Morgan fingerprint density at radius 2 is 1.92 bits per heavy atom. The van der Waals surface area contributed by atoms with Gasteiger partial charge in [0.25, 0.3) is 0 Å². The molecule has 0 spiro atoms. The molecule has 0 saturated carbocycles. The summed E-state index contributed by atoms with van der Waals surface area (Å²) < 4.78 is 35.1. The summed E-state index contributed by atoms with van der Waals surface area (Å²) in [5, 5.41) is 12.5. The summed E-state index contributed by atoms with van der Waals surface area (Å²) in [7, 11) is 0. The minimum atomic E-state index is -0.706. The number of benzene rings is 2. The lowest BCUT2D eigenvalue weighted by molar-refractivity contribution is 0.335. The zero-order valence-corrected chi connectivity index (χ0v) is 13.0. The summed E-state index contributed by atoms with van der Waals surface area (Å²) in [6.07, 6.45) is 0. The van der Waals surface area contributed by atoms with E-state index in [4.69, 9.17) is 15.9 Å². The maximum atomic E-state index is 14.3. The molecule has 0 atom stereocenters. The average Bonchev–Trinajstić information content (AvgIpc) is 2.90. The Morgan fingerprint density at radius 3 is 2.54 bits per heavy atom. The van der Waals surface area contributed by atoms with Crippen molar-refractivity contribution in [2.24, 2.45) is 5.73 Å². The second-order valence-electron chi connectivity index (χ2n) is 5.24. The fourth-order valence-corrected chi connectivity index (χ4v) is 2.58. The highest BCUT2D eigenvalue weighted by Gasteiger charge is 2.17. The molecule has 5 nitrogen and oxygen atoms in total. The minimum Gasteiger partial charge on any atom is -0.494 e. The summed E-state index contributed by atoms with van der Waals surface area (Å²) in [6, 6.07) is 9.41. The molecule has 3 aromatic rings. The van der Waals surface area contributed by atoms with Crippen LogP contribution in [0.5, 0.6) is 5.75 Å². The lowest BCUT2D eigenvalue weighted by atomic mass is 10.1. The van der Waals surface area contributed by atoms with Crippen molar-refractivity contribution >= 4 is 16.7 Å². The Labute approximate surface area is 137 Å². The molecule has 0 amide bonds. The van der Waals surface area contributed by atoms with Crippen LogP contribution in [0.2, 0.25) is 0 Å². The van der Waals surface area contributed by atoms with E-state index in [1.54, 1.807) is 31.2 Å². The van der Waals surface area contributed by atoms with Gasteiger partial charge in [-0.15, -0.1) is 0 Å². The van der Waals surface area contributed by atoms with E-state index in [1.807, 2.05) is 0 Å². The molecule has 2 aromatic carbocycles. The number of nitrogen functional groups attached to an aromatic ring is 1. The van der Waals surface area contributed by atoms with Crippen LogP contribution in [0.4, 0.5) is 8.78 Å². The van der Waals surface area contributed by atoms with Gasteiger partial charge in [0, 0.05) is 23.1 Å². The van der Waals surface area contributed by atoms with Gasteiger partial charge in [-0.1, -0.05) is 18.2 Å². The molecule has 0 aliphatic carbocycles. The number of ether oxygens (including phenoxy) is 1. The molecule has 124 valence electrons. The molecule has 0 fully saturated rings. The quantitative estimate of drug-likeness (QED) is 0.557. The molecule has 1 aromatic heterocycles. The molecule has 3 rings (SSSR count). The maximum absolute atomic E-state index is 14.3. The van der Waals surface area contributed by atoms with Gasteiger partial charge < -0.3 is 10.5 Å². The van der Waals surface area contributed by atoms with Crippen molar-refractivity contribution in [3.8, 4) is 5.75 Å². The first-order valence-corrected chi connectivity index (χ1v) is 7.42. The molecule has 0 aliphatic heterocycles. The van der Waals surface area contributed by atoms with Gasteiger partial charge in [0.1, 0.15) is 28.9 Å². The Balaban J connectivity index is 2.06. The zero-order valence-electron chi connectivity index (χ0n) is 13.0. The van der Waals surface area contributed by atoms with Gasteiger partial charge in [-0.25, -0.2) is 8.78 Å². The van der Waals surface area contributed by atoms with Crippen LogP contribution in [0.1, 0.15) is 18.2 Å². The second-order valence-corrected chi connectivity index (χ2v) is 5.24. The van der Waals surface area contributed by atoms with Crippen molar-refractivity contribution in [1.29, 1.82) is 5.41 Å². The predicted octanol–water partition coefficient (Wildman–Crippen LogP) is 3.05. The van der Waals surface area contributed by atoms with Gasteiger partial charge in [-0.3, -0.25) is 10.1 Å². The van der Waals surface area contributed by atoms with Crippen molar-refractivity contribution in [3.63, 3.8) is 0 Å². The van der Waals surface area contributed by atoms with Crippen LogP contribution in [0, 0.1) is 17.0 Å². The van der Waals surface area contributed by atoms with Crippen LogP contribution in [-0.2, 0) is 6.54 Å². The molecule has 0 unspecified atom stereocenters. The van der Waals surface area contributed by atoms with E-state index >= 15 is 0 Å². The number of nitrogens with two attached hydrogens (primary N) is 1. The van der Waals surface area contributed by atoms with Gasteiger partial charge in [0.15, 0.2) is 0 Å².